The Morgan fingerprint density at radius 2 is 2.14 bits per heavy atom. The molecule has 3 N–H and O–H groups in total. The summed E-state index contributed by atoms with van der Waals surface area (Å²) in [5.74, 6) is 6.24. The van der Waals surface area contributed by atoms with E-state index in [1.54, 1.807) is 0 Å². The zero-order valence-corrected chi connectivity index (χ0v) is 11.9. The van der Waals surface area contributed by atoms with Crippen LogP contribution in [0.2, 0.25) is 0 Å². The normalized spacial score (nSPS) is 10.9. The minimum atomic E-state index is 0.136. The number of ether oxygens (including phenoxy) is 2. The molecule has 2 aromatic heterocycles. The van der Waals surface area contributed by atoms with E-state index >= 15 is 0 Å². The van der Waals surface area contributed by atoms with E-state index in [1.165, 1.54) is 17.3 Å². The Labute approximate surface area is 121 Å². The van der Waals surface area contributed by atoms with Gasteiger partial charge in [0, 0.05) is 6.61 Å². The topological polar surface area (TPSA) is 126 Å². The van der Waals surface area contributed by atoms with Crippen LogP contribution in [0.4, 0.5) is 5.95 Å². The summed E-state index contributed by atoms with van der Waals surface area (Å²) in [7, 11) is 0. The number of aromatic nitrogens is 6. The van der Waals surface area contributed by atoms with E-state index in [9.17, 15) is 0 Å². The molecule has 0 saturated carbocycles. The predicted molar refractivity (Wildman–Crippen MR) is 73.7 cm³/mol. The van der Waals surface area contributed by atoms with E-state index in [4.69, 9.17) is 15.3 Å². The fourth-order valence-electron chi connectivity index (χ4n) is 1.40. The molecule has 0 atom stereocenters. The van der Waals surface area contributed by atoms with Crippen LogP contribution in [-0.2, 0) is 4.74 Å². The highest BCUT2D eigenvalue weighted by atomic mass is 16.5. The third kappa shape index (κ3) is 4.61. The maximum absolute atomic E-state index is 5.42. The molecular weight excluding hydrogens is 276 g/mol. The van der Waals surface area contributed by atoms with Crippen LogP contribution in [0.3, 0.4) is 0 Å². The van der Waals surface area contributed by atoms with Crippen molar-refractivity contribution in [2.24, 2.45) is 11.8 Å². The van der Waals surface area contributed by atoms with Crippen molar-refractivity contribution in [2.45, 2.75) is 13.8 Å². The van der Waals surface area contributed by atoms with Crippen LogP contribution in [0, 0.1) is 5.92 Å². The molecule has 0 bridgehead atoms. The van der Waals surface area contributed by atoms with Crippen LogP contribution < -0.4 is 16.0 Å². The number of nitrogens with one attached hydrogen (secondary N) is 1. The molecule has 114 valence electrons. The van der Waals surface area contributed by atoms with Crippen LogP contribution >= 0.6 is 0 Å². The lowest BCUT2D eigenvalue weighted by Gasteiger charge is -2.09. The first-order chi connectivity index (χ1) is 10.2. The third-order valence-electron chi connectivity index (χ3n) is 2.27. The Balaban J connectivity index is 1.97. The van der Waals surface area contributed by atoms with Gasteiger partial charge in [0.2, 0.25) is 5.95 Å². The zero-order valence-electron chi connectivity index (χ0n) is 11.9. The second-order valence-corrected chi connectivity index (χ2v) is 4.54. The van der Waals surface area contributed by atoms with E-state index in [-0.39, 0.29) is 17.9 Å². The van der Waals surface area contributed by atoms with Gasteiger partial charge in [0.05, 0.1) is 6.61 Å². The van der Waals surface area contributed by atoms with Crippen molar-refractivity contribution in [1.82, 2.24) is 29.7 Å². The Morgan fingerprint density at radius 1 is 1.29 bits per heavy atom. The largest absolute Gasteiger partial charge is 0.461 e. The van der Waals surface area contributed by atoms with Crippen molar-refractivity contribution in [3.63, 3.8) is 0 Å². The van der Waals surface area contributed by atoms with Crippen molar-refractivity contribution in [3.05, 3.63) is 12.7 Å². The van der Waals surface area contributed by atoms with Crippen molar-refractivity contribution >= 4 is 5.95 Å². The lowest BCUT2D eigenvalue weighted by atomic mass is 10.2. The Morgan fingerprint density at radius 3 is 2.81 bits per heavy atom. The van der Waals surface area contributed by atoms with E-state index in [0.29, 0.717) is 25.7 Å². The van der Waals surface area contributed by atoms with Crippen molar-refractivity contribution in [2.75, 3.05) is 25.2 Å². The minimum Gasteiger partial charge on any atom is -0.461 e. The number of anilines is 1. The molecule has 0 aliphatic rings. The van der Waals surface area contributed by atoms with E-state index in [0.717, 1.165) is 0 Å². The van der Waals surface area contributed by atoms with E-state index < -0.39 is 0 Å². The Kier molecular flexibility index (Phi) is 5.35. The van der Waals surface area contributed by atoms with Crippen LogP contribution in [0.5, 0.6) is 6.01 Å². The summed E-state index contributed by atoms with van der Waals surface area (Å²) >= 11 is 0. The molecule has 10 heteroatoms. The molecule has 0 aromatic carbocycles. The van der Waals surface area contributed by atoms with Gasteiger partial charge in [-0.1, -0.05) is 13.8 Å². The highest BCUT2D eigenvalue weighted by molar-refractivity contribution is 5.27. The molecule has 0 spiro atoms. The lowest BCUT2D eigenvalue weighted by molar-refractivity contribution is 0.0791. The number of nitrogen functional groups attached to an aromatic ring is 1. The molecule has 0 amide bonds. The van der Waals surface area contributed by atoms with Gasteiger partial charge in [-0.25, -0.2) is 10.8 Å². The average molecular weight is 294 g/mol. The first-order valence-corrected chi connectivity index (χ1v) is 6.47. The van der Waals surface area contributed by atoms with Gasteiger partial charge >= 0.3 is 6.01 Å². The molecule has 0 aliphatic carbocycles. The summed E-state index contributed by atoms with van der Waals surface area (Å²) in [5, 5.41) is 3.94. The molecule has 0 aliphatic heterocycles. The first kappa shape index (κ1) is 15.1. The summed E-state index contributed by atoms with van der Waals surface area (Å²) in [6.45, 7) is 5.62. The molecule has 2 heterocycles. The van der Waals surface area contributed by atoms with Gasteiger partial charge in [-0.05, 0) is 5.92 Å². The van der Waals surface area contributed by atoms with Gasteiger partial charge in [-0.2, -0.15) is 24.7 Å². The summed E-state index contributed by atoms with van der Waals surface area (Å²) in [4.78, 5) is 16.0. The fraction of sp³-hybridized carbons (Fsp3) is 0.545. The molecule has 0 radical (unpaired) electrons. The maximum Gasteiger partial charge on any atom is 0.323 e. The maximum atomic E-state index is 5.42. The summed E-state index contributed by atoms with van der Waals surface area (Å²) in [6.07, 6.45) is 2.84. The second kappa shape index (κ2) is 7.45. The molecule has 0 unspecified atom stereocenters. The van der Waals surface area contributed by atoms with Gasteiger partial charge in [-0.15, -0.1) is 0 Å². The first-order valence-electron chi connectivity index (χ1n) is 6.47. The van der Waals surface area contributed by atoms with Crippen molar-refractivity contribution < 1.29 is 9.47 Å². The van der Waals surface area contributed by atoms with Gasteiger partial charge in [0.1, 0.15) is 19.3 Å². The Hall–Kier alpha value is -2.33. The van der Waals surface area contributed by atoms with Gasteiger partial charge in [-0.3, -0.25) is 5.43 Å². The van der Waals surface area contributed by atoms with Crippen LogP contribution in [0.25, 0.3) is 5.95 Å². The third-order valence-corrected chi connectivity index (χ3v) is 2.27. The zero-order chi connectivity index (χ0) is 15.1. The molecule has 10 nitrogen and oxygen atoms in total. The summed E-state index contributed by atoms with van der Waals surface area (Å²) in [5.41, 5.74) is 2.35. The molecule has 2 rings (SSSR count). The van der Waals surface area contributed by atoms with Gasteiger partial charge in [0.15, 0.2) is 0 Å². The van der Waals surface area contributed by atoms with Crippen molar-refractivity contribution in [1.29, 1.82) is 0 Å². The molecule has 0 saturated heterocycles. The van der Waals surface area contributed by atoms with E-state index in [2.05, 4.69) is 44.3 Å². The number of nitrogens with two attached hydrogens (primary N) is 1. The smallest absolute Gasteiger partial charge is 0.323 e. The minimum absolute atomic E-state index is 0.136. The number of hydrogen-bond acceptors (Lipinski definition) is 9. The van der Waals surface area contributed by atoms with Crippen LogP contribution in [0.1, 0.15) is 13.8 Å². The highest BCUT2D eigenvalue weighted by Crippen LogP contribution is 2.09. The Bertz CT molecular complexity index is 545. The number of hydrogen-bond donors (Lipinski definition) is 2. The lowest BCUT2D eigenvalue weighted by Crippen LogP contribution is -2.16. The number of nitrogens with zero attached hydrogens (tertiary/aromatic N) is 6. The molecule has 0 fully saturated rings. The van der Waals surface area contributed by atoms with Crippen LogP contribution in [0.15, 0.2) is 12.7 Å². The van der Waals surface area contributed by atoms with Crippen LogP contribution in [-0.4, -0.2) is 49.5 Å². The van der Waals surface area contributed by atoms with Gasteiger partial charge < -0.3 is 9.47 Å². The molecule has 21 heavy (non-hydrogen) atoms. The monoisotopic (exact) mass is 294 g/mol. The highest BCUT2D eigenvalue weighted by Gasteiger charge is 2.09. The summed E-state index contributed by atoms with van der Waals surface area (Å²) < 4.78 is 12.2. The number of hydrazine groups is 1. The number of rotatable bonds is 8. The van der Waals surface area contributed by atoms with E-state index in [1.807, 2.05) is 0 Å². The molecular formula is C11H18N8O2. The van der Waals surface area contributed by atoms with Crippen molar-refractivity contribution in [3.8, 4) is 12.0 Å². The summed E-state index contributed by atoms with van der Waals surface area (Å²) in [6, 6.07) is 0.136. The standard InChI is InChI=1S/C11H18N8O2/c1-8(2)5-20-3-4-21-11-16-9(18-12)15-10(17-11)19-7-13-6-14-19/h6-8H,3-5,12H2,1-2H3,(H,15,16,17,18). The quantitative estimate of drug-likeness (QED) is 0.386. The van der Waals surface area contributed by atoms with Gasteiger partial charge in [0.25, 0.3) is 5.95 Å². The SMILES string of the molecule is CC(C)COCCOc1nc(NN)nc(-n2cncn2)n1. The second-order valence-electron chi connectivity index (χ2n) is 4.54. The molecule has 2 aromatic rings. The fourth-order valence-corrected chi connectivity index (χ4v) is 1.40. The predicted octanol–water partition coefficient (Wildman–Crippen LogP) is -0.211. The average Bonchev–Trinajstić information content (AvgIpc) is 3.00.